The highest BCUT2D eigenvalue weighted by Gasteiger charge is 2.32. The van der Waals surface area contributed by atoms with Gasteiger partial charge in [-0.25, -0.2) is 0 Å². The number of carbonyl (C=O) groups excluding carboxylic acids is 1. The van der Waals surface area contributed by atoms with Crippen molar-refractivity contribution in [2.75, 3.05) is 6.54 Å². The Morgan fingerprint density at radius 2 is 2.04 bits per heavy atom. The van der Waals surface area contributed by atoms with Crippen molar-refractivity contribution in [1.82, 2.24) is 5.32 Å². The lowest BCUT2D eigenvalue weighted by Crippen LogP contribution is -2.35. The first-order chi connectivity index (χ1) is 10.4. The van der Waals surface area contributed by atoms with E-state index in [0.29, 0.717) is 19.4 Å². The maximum absolute atomic E-state index is 12.3. The molecule has 2 rings (SSSR count). The van der Waals surface area contributed by atoms with E-state index in [-0.39, 0.29) is 42.3 Å². The third kappa shape index (κ3) is 5.89. The molecule has 0 aliphatic carbocycles. The molecule has 1 aromatic carbocycles. The molecule has 1 amide bonds. The molecule has 1 heterocycles. The summed E-state index contributed by atoms with van der Waals surface area (Å²) in [6.45, 7) is 0.268. The molecular weight excluding hydrogens is 337 g/mol. The van der Waals surface area contributed by atoms with Gasteiger partial charge in [0.15, 0.2) is 0 Å². The molecule has 3 N–H and O–H groups in total. The lowest BCUT2D eigenvalue weighted by molar-refractivity contribution is -0.274. The molecule has 23 heavy (non-hydrogen) atoms. The number of nitrogens with two attached hydrogens (primary N) is 1. The SMILES string of the molecule is Cl.NC[C@H]1CC[C@@H](C(=O)NCc2ccccc2OC(F)(F)F)O1. The zero-order valence-corrected chi connectivity index (χ0v) is 13.0. The molecule has 1 aliphatic rings. The van der Waals surface area contributed by atoms with Gasteiger partial charge >= 0.3 is 6.36 Å². The number of halogens is 4. The quantitative estimate of drug-likeness (QED) is 0.849. The molecule has 0 radical (unpaired) electrons. The summed E-state index contributed by atoms with van der Waals surface area (Å²) in [4.78, 5) is 11.9. The predicted octanol–water partition coefficient (Wildman–Crippen LogP) is 2.13. The lowest BCUT2D eigenvalue weighted by Gasteiger charge is -2.15. The van der Waals surface area contributed by atoms with Crippen LogP contribution in [0.1, 0.15) is 18.4 Å². The maximum atomic E-state index is 12.3. The molecule has 5 nitrogen and oxygen atoms in total. The van der Waals surface area contributed by atoms with Crippen LogP contribution in [0.4, 0.5) is 13.2 Å². The fourth-order valence-electron chi connectivity index (χ4n) is 2.24. The van der Waals surface area contributed by atoms with Gasteiger partial charge < -0.3 is 20.5 Å². The van der Waals surface area contributed by atoms with Crippen molar-refractivity contribution in [3.8, 4) is 5.75 Å². The van der Waals surface area contributed by atoms with Gasteiger partial charge in [-0.05, 0) is 18.9 Å². The summed E-state index contributed by atoms with van der Waals surface area (Å²) in [6.07, 6.45) is -4.28. The molecule has 1 aliphatic heterocycles. The van der Waals surface area contributed by atoms with Crippen molar-refractivity contribution >= 4 is 18.3 Å². The number of nitrogens with one attached hydrogen (secondary N) is 1. The zero-order chi connectivity index (χ0) is 16.2. The Morgan fingerprint density at radius 3 is 2.65 bits per heavy atom. The van der Waals surface area contributed by atoms with Gasteiger partial charge in [-0.1, -0.05) is 18.2 Å². The summed E-state index contributed by atoms with van der Waals surface area (Å²) >= 11 is 0. The molecular formula is C14H18ClF3N2O3. The molecule has 1 aromatic rings. The van der Waals surface area contributed by atoms with Crippen molar-refractivity contribution in [1.29, 1.82) is 0 Å². The Hall–Kier alpha value is -1.51. The van der Waals surface area contributed by atoms with Crippen LogP contribution in [0, 0.1) is 0 Å². The van der Waals surface area contributed by atoms with E-state index >= 15 is 0 Å². The second-order valence-electron chi connectivity index (χ2n) is 4.93. The Labute approximate surface area is 137 Å². The summed E-state index contributed by atoms with van der Waals surface area (Å²) in [7, 11) is 0. The standard InChI is InChI=1S/C14H17F3N2O3.ClH/c15-14(16,17)22-11-4-2-1-3-9(11)8-19-13(20)12-6-5-10(7-18)21-12;/h1-4,10,12H,5-8,18H2,(H,19,20);1H/t10-,12+;/m1./s1. The second kappa shape index (κ2) is 8.37. The summed E-state index contributed by atoms with van der Waals surface area (Å²) in [5, 5.41) is 2.56. The number of rotatable bonds is 5. The summed E-state index contributed by atoms with van der Waals surface area (Å²) in [5.74, 6) is -0.694. The van der Waals surface area contributed by atoms with Crippen LogP contribution in [0.2, 0.25) is 0 Å². The van der Waals surface area contributed by atoms with Crippen LogP contribution in [-0.2, 0) is 16.1 Å². The third-order valence-corrected chi connectivity index (χ3v) is 3.31. The topological polar surface area (TPSA) is 73.6 Å². The minimum atomic E-state index is -4.77. The number of carbonyl (C=O) groups is 1. The second-order valence-corrected chi connectivity index (χ2v) is 4.93. The monoisotopic (exact) mass is 354 g/mol. The van der Waals surface area contributed by atoms with Gasteiger partial charge in [0.2, 0.25) is 5.91 Å². The van der Waals surface area contributed by atoms with Crippen molar-refractivity contribution in [2.45, 2.75) is 38.0 Å². The van der Waals surface area contributed by atoms with E-state index in [1.807, 2.05) is 0 Å². The first-order valence-corrected chi connectivity index (χ1v) is 6.86. The van der Waals surface area contributed by atoms with Gasteiger partial charge in [0, 0.05) is 18.7 Å². The van der Waals surface area contributed by atoms with Gasteiger partial charge in [0.05, 0.1) is 6.10 Å². The first-order valence-electron chi connectivity index (χ1n) is 6.86. The lowest BCUT2D eigenvalue weighted by atomic mass is 10.1. The van der Waals surface area contributed by atoms with Crippen molar-refractivity contribution in [2.24, 2.45) is 5.73 Å². The van der Waals surface area contributed by atoms with Gasteiger partial charge in [0.1, 0.15) is 11.9 Å². The van der Waals surface area contributed by atoms with E-state index in [4.69, 9.17) is 10.5 Å². The van der Waals surface area contributed by atoms with Crippen molar-refractivity contribution in [3.05, 3.63) is 29.8 Å². The smallest absolute Gasteiger partial charge is 0.405 e. The van der Waals surface area contributed by atoms with E-state index in [1.165, 1.54) is 18.2 Å². The van der Waals surface area contributed by atoms with Crippen LogP contribution < -0.4 is 15.8 Å². The summed E-state index contributed by atoms with van der Waals surface area (Å²) in [5.41, 5.74) is 5.70. The number of para-hydroxylation sites is 1. The minimum Gasteiger partial charge on any atom is -0.405 e. The molecule has 1 fully saturated rings. The number of alkyl halides is 3. The largest absolute Gasteiger partial charge is 0.573 e. The van der Waals surface area contributed by atoms with Crippen LogP contribution in [0.5, 0.6) is 5.75 Å². The fourth-order valence-corrected chi connectivity index (χ4v) is 2.24. The highest BCUT2D eigenvalue weighted by Crippen LogP contribution is 2.26. The fraction of sp³-hybridized carbons (Fsp3) is 0.500. The van der Waals surface area contributed by atoms with Crippen molar-refractivity contribution in [3.63, 3.8) is 0 Å². The van der Waals surface area contributed by atoms with E-state index < -0.39 is 12.5 Å². The third-order valence-electron chi connectivity index (χ3n) is 3.31. The average molecular weight is 355 g/mol. The van der Waals surface area contributed by atoms with Crippen LogP contribution in [0.3, 0.4) is 0 Å². The van der Waals surface area contributed by atoms with E-state index in [2.05, 4.69) is 10.1 Å². The van der Waals surface area contributed by atoms with E-state index in [1.54, 1.807) is 6.07 Å². The summed E-state index contributed by atoms with van der Waals surface area (Å²) < 4.78 is 46.3. The van der Waals surface area contributed by atoms with Crippen molar-refractivity contribution < 1.29 is 27.4 Å². The zero-order valence-electron chi connectivity index (χ0n) is 12.1. The minimum absolute atomic E-state index is 0. The number of benzene rings is 1. The molecule has 9 heteroatoms. The van der Waals surface area contributed by atoms with Crippen LogP contribution in [-0.4, -0.2) is 31.0 Å². The summed E-state index contributed by atoms with van der Waals surface area (Å²) in [6, 6.07) is 5.66. The van der Waals surface area contributed by atoms with Gasteiger partial charge in [-0.3, -0.25) is 4.79 Å². The predicted molar refractivity (Wildman–Crippen MR) is 79.2 cm³/mol. The van der Waals surface area contributed by atoms with Gasteiger partial charge in [-0.15, -0.1) is 25.6 Å². The van der Waals surface area contributed by atoms with E-state index in [0.717, 1.165) is 0 Å². The number of hydrogen-bond donors (Lipinski definition) is 2. The van der Waals surface area contributed by atoms with Crippen LogP contribution in [0.25, 0.3) is 0 Å². The van der Waals surface area contributed by atoms with Gasteiger partial charge in [-0.2, -0.15) is 0 Å². The number of ether oxygens (including phenoxy) is 2. The first kappa shape index (κ1) is 19.5. The molecule has 0 bridgehead atoms. The Balaban J connectivity index is 0.00000264. The highest BCUT2D eigenvalue weighted by molar-refractivity contribution is 5.85. The van der Waals surface area contributed by atoms with E-state index in [9.17, 15) is 18.0 Å². The molecule has 0 aromatic heterocycles. The average Bonchev–Trinajstić information content (AvgIpc) is 2.93. The number of amides is 1. The highest BCUT2D eigenvalue weighted by atomic mass is 35.5. The maximum Gasteiger partial charge on any atom is 0.573 e. The molecule has 2 atom stereocenters. The normalized spacial score (nSPS) is 20.7. The Kier molecular flexibility index (Phi) is 7.11. The van der Waals surface area contributed by atoms with Crippen LogP contribution >= 0.6 is 12.4 Å². The number of hydrogen-bond acceptors (Lipinski definition) is 4. The Bertz CT molecular complexity index is 528. The molecule has 0 saturated carbocycles. The van der Waals surface area contributed by atoms with Crippen LogP contribution in [0.15, 0.2) is 24.3 Å². The van der Waals surface area contributed by atoms with Gasteiger partial charge in [0.25, 0.3) is 0 Å². The molecule has 130 valence electrons. The molecule has 1 saturated heterocycles. The molecule has 0 spiro atoms. The molecule has 0 unspecified atom stereocenters. The Morgan fingerprint density at radius 1 is 1.35 bits per heavy atom.